The van der Waals surface area contributed by atoms with E-state index in [1.807, 2.05) is 36.7 Å². The van der Waals surface area contributed by atoms with Crippen LogP contribution in [0.4, 0.5) is 10.2 Å². The molecule has 0 spiro atoms. The van der Waals surface area contributed by atoms with Crippen LogP contribution in [0.5, 0.6) is 0 Å². The van der Waals surface area contributed by atoms with Gasteiger partial charge in [-0.05, 0) is 30.2 Å². The van der Waals surface area contributed by atoms with Crippen molar-refractivity contribution in [1.29, 1.82) is 0 Å². The predicted molar refractivity (Wildman–Crippen MR) is 135 cm³/mol. The Kier molecular flexibility index (Phi) is 5.21. The minimum atomic E-state index is -0.255. The van der Waals surface area contributed by atoms with Gasteiger partial charge in [0.25, 0.3) is 0 Å². The molecule has 6 N–H and O–H groups in total. The molecule has 4 atom stereocenters. The summed E-state index contributed by atoms with van der Waals surface area (Å²) in [7, 11) is 0. The molecule has 7 rings (SSSR count). The van der Waals surface area contributed by atoms with Crippen LogP contribution in [0, 0.1) is 11.7 Å². The first kappa shape index (κ1) is 21.8. The second kappa shape index (κ2) is 8.59. The highest BCUT2D eigenvalue weighted by Gasteiger charge is 2.43. The van der Waals surface area contributed by atoms with Crippen molar-refractivity contribution < 1.29 is 4.39 Å². The van der Waals surface area contributed by atoms with Gasteiger partial charge in [-0.1, -0.05) is 24.3 Å². The SMILES string of the molecule is NC1CN(c2cncc(C3CC4C(CN3)NNC4c3nc4c(-c5cccc(F)c5)cccc4[nH]3)n2)C1. The highest BCUT2D eigenvalue weighted by atomic mass is 19.1. The molecule has 0 bridgehead atoms. The molecule has 2 aromatic heterocycles. The normalized spacial score (nSPS) is 26.2. The average molecular weight is 486 g/mol. The van der Waals surface area contributed by atoms with Gasteiger partial charge in [0.1, 0.15) is 17.5 Å². The summed E-state index contributed by atoms with van der Waals surface area (Å²) in [6.45, 7) is 2.45. The number of imidazole rings is 1. The minimum absolute atomic E-state index is 0.0110. The van der Waals surface area contributed by atoms with Crippen LogP contribution in [0.2, 0.25) is 0 Å². The van der Waals surface area contributed by atoms with Crippen molar-refractivity contribution in [3.05, 3.63) is 72.2 Å². The summed E-state index contributed by atoms with van der Waals surface area (Å²) in [6, 6.07) is 13.2. The number of nitrogens with one attached hydrogen (secondary N) is 4. The van der Waals surface area contributed by atoms with Crippen LogP contribution in [-0.4, -0.2) is 51.7 Å². The second-order valence-electron chi connectivity index (χ2n) is 10.0. The van der Waals surface area contributed by atoms with Crippen molar-refractivity contribution in [2.45, 2.75) is 30.6 Å². The Morgan fingerprint density at radius 1 is 1.03 bits per heavy atom. The summed E-state index contributed by atoms with van der Waals surface area (Å²) in [6.07, 6.45) is 4.56. The summed E-state index contributed by atoms with van der Waals surface area (Å²) in [5, 5.41) is 3.64. The van der Waals surface area contributed by atoms with E-state index in [9.17, 15) is 4.39 Å². The third-order valence-corrected chi connectivity index (χ3v) is 7.65. The van der Waals surface area contributed by atoms with Crippen LogP contribution in [-0.2, 0) is 0 Å². The number of benzene rings is 2. The van der Waals surface area contributed by atoms with Crippen LogP contribution in [0.25, 0.3) is 22.2 Å². The molecule has 3 aliphatic rings. The third-order valence-electron chi connectivity index (χ3n) is 7.65. The van der Waals surface area contributed by atoms with Crippen LogP contribution in [0.1, 0.15) is 30.0 Å². The number of nitrogens with zero attached hydrogens (tertiary/aromatic N) is 4. The van der Waals surface area contributed by atoms with Crippen molar-refractivity contribution in [2.75, 3.05) is 24.5 Å². The molecule has 3 saturated heterocycles. The first-order valence-corrected chi connectivity index (χ1v) is 12.4. The third kappa shape index (κ3) is 3.73. The molecule has 2 aromatic carbocycles. The highest BCUT2D eigenvalue weighted by Crippen LogP contribution is 2.39. The molecule has 0 radical (unpaired) electrons. The van der Waals surface area contributed by atoms with Crippen LogP contribution in [0.15, 0.2) is 54.9 Å². The Morgan fingerprint density at radius 3 is 2.78 bits per heavy atom. The number of piperidine rings is 1. The standard InChI is InChI=1S/C26H28FN9/c27-15-4-1-3-14(7-15)17-5-2-6-19-24(17)33-26(32-19)25-18-8-20(30-10-21(18)34-35-25)22-9-29-11-23(31-22)36-12-16(28)13-36/h1-7,9,11,16,18,20-21,25,30,34-35H,8,10,12-13,28H2,(H,32,33). The lowest BCUT2D eigenvalue weighted by Gasteiger charge is -2.38. The molecule has 5 heterocycles. The van der Waals surface area contributed by atoms with Crippen molar-refractivity contribution >= 4 is 16.9 Å². The van der Waals surface area contributed by atoms with Crippen LogP contribution >= 0.6 is 0 Å². The second-order valence-corrected chi connectivity index (χ2v) is 10.0. The number of fused-ring (bicyclic) bond motifs is 2. The number of aromatic nitrogens is 4. The molecule has 4 unspecified atom stereocenters. The fraction of sp³-hybridized carbons (Fsp3) is 0.346. The van der Waals surface area contributed by atoms with Crippen molar-refractivity contribution in [2.24, 2.45) is 11.7 Å². The Bertz CT molecular complexity index is 1420. The molecule has 0 aliphatic carbocycles. The van der Waals surface area contributed by atoms with Gasteiger partial charge < -0.3 is 20.9 Å². The maximum absolute atomic E-state index is 13.9. The van der Waals surface area contributed by atoms with Crippen molar-refractivity contribution in [3.8, 4) is 11.1 Å². The number of hydrazine groups is 1. The molecule has 36 heavy (non-hydrogen) atoms. The number of halogens is 1. The van der Waals surface area contributed by atoms with E-state index in [2.05, 4.69) is 31.0 Å². The van der Waals surface area contributed by atoms with Crippen LogP contribution < -0.4 is 26.8 Å². The summed E-state index contributed by atoms with van der Waals surface area (Å²) < 4.78 is 13.9. The zero-order valence-electron chi connectivity index (χ0n) is 19.7. The van der Waals surface area contributed by atoms with Gasteiger partial charge in [0, 0.05) is 43.2 Å². The van der Waals surface area contributed by atoms with Gasteiger partial charge in [0.15, 0.2) is 0 Å². The number of hydrogen-bond donors (Lipinski definition) is 5. The summed E-state index contributed by atoms with van der Waals surface area (Å²) in [5.41, 5.74) is 17.3. The molecule has 4 aromatic rings. The highest BCUT2D eigenvalue weighted by molar-refractivity contribution is 5.92. The predicted octanol–water partition coefficient (Wildman–Crippen LogP) is 2.17. The molecule has 3 aliphatic heterocycles. The van der Waals surface area contributed by atoms with E-state index in [0.717, 1.165) is 65.6 Å². The molecular weight excluding hydrogens is 457 g/mol. The quantitative estimate of drug-likeness (QED) is 0.298. The van der Waals surface area contributed by atoms with E-state index in [-0.39, 0.29) is 30.0 Å². The topological polar surface area (TPSA) is 120 Å². The van der Waals surface area contributed by atoms with Gasteiger partial charge in [-0.3, -0.25) is 10.4 Å². The molecule has 3 fully saturated rings. The van der Waals surface area contributed by atoms with E-state index in [4.69, 9.17) is 15.7 Å². The number of anilines is 1. The lowest BCUT2D eigenvalue weighted by atomic mass is 9.83. The monoisotopic (exact) mass is 485 g/mol. The van der Waals surface area contributed by atoms with Gasteiger partial charge in [0.2, 0.25) is 0 Å². The zero-order chi connectivity index (χ0) is 24.2. The average Bonchev–Trinajstić information content (AvgIpc) is 3.50. The van der Waals surface area contributed by atoms with E-state index >= 15 is 0 Å². The van der Waals surface area contributed by atoms with Crippen molar-refractivity contribution in [1.82, 2.24) is 36.1 Å². The molecule has 9 nitrogen and oxygen atoms in total. The Balaban J connectivity index is 1.16. The summed E-state index contributed by atoms with van der Waals surface area (Å²) in [4.78, 5) is 20.1. The van der Waals surface area contributed by atoms with Gasteiger partial charge in [-0.2, -0.15) is 0 Å². The number of H-pyrrole nitrogens is 1. The maximum atomic E-state index is 13.9. The van der Waals surface area contributed by atoms with Gasteiger partial charge in [-0.15, -0.1) is 0 Å². The molecule has 0 amide bonds. The Hall–Kier alpha value is -3.44. The molecule has 0 saturated carbocycles. The van der Waals surface area contributed by atoms with Crippen LogP contribution in [0.3, 0.4) is 0 Å². The van der Waals surface area contributed by atoms with E-state index in [1.54, 1.807) is 12.1 Å². The lowest BCUT2D eigenvalue weighted by Crippen LogP contribution is -2.56. The fourth-order valence-corrected chi connectivity index (χ4v) is 5.74. The number of nitrogens with two attached hydrogens (primary N) is 1. The van der Waals surface area contributed by atoms with Gasteiger partial charge in [-0.25, -0.2) is 19.8 Å². The van der Waals surface area contributed by atoms with Gasteiger partial charge >= 0.3 is 0 Å². The zero-order valence-corrected chi connectivity index (χ0v) is 19.7. The number of hydrogen-bond acceptors (Lipinski definition) is 8. The summed E-state index contributed by atoms with van der Waals surface area (Å²) >= 11 is 0. The first-order chi connectivity index (χ1) is 17.6. The first-order valence-electron chi connectivity index (χ1n) is 12.4. The number of rotatable bonds is 4. The minimum Gasteiger partial charge on any atom is -0.352 e. The van der Waals surface area contributed by atoms with E-state index < -0.39 is 0 Å². The van der Waals surface area contributed by atoms with Crippen molar-refractivity contribution in [3.63, 3.8) is 0 Å². The maximum Gasteiger partial charge on any atom is 0.147 e. The van der Waals surface area contributed by atoms with E-state index in [0.29, 0.717) is 5.92 Å². The summed E-state index contributed by atoms with van der Waals surface area (Å²) in [5.74, 6) is 1.82. The largest absolute Gasteiger partial charge is 0.352 e. The number of aromatic amines is 1. The molecule has 184 valence electrons. The lowest BCUT2D eigenvalue weighted by molar-refractivity contribution is 0.260. The molecular formula is C26H28FN9. The Labute approximate surface area is 207 Å². The molecule has 10 heteroatoms. The Morgan fingerprint density at radius 2 is 1.92 bits per heavy atom. The smallest absolute Gasteiger partial charge is 0.147 e. The van der Waals surface area contributed by atoms with Gasteiger partial charge in [0.05, 0.1) is 41.2 Å². The fourth-order valence-electron chi connectivity index (χ4n) is 5.74. The van der Waals surface area contributed by atoms with E-state index in [1.165, 1.54) is 6.07 Å². The number of para-hydroxylation sites is 1.